The van der Waals surface area contributed by atoms with Crippen LogP contribution in [0.3, 0.4) is 0 Å². The van der Waals surface area contributed by atoms with Crippen molar-refractivity contribution >= 4 is 53.2 Å². The third-order valence-corrected chi connectivity index (χ3v) is 11.4. The maximum Gasteiger partial charge on any atom is 0.407 e. The van der Waals surface area contributed by atoms with Gasteiger partial charge in [-0.3, -0.25) is 19.2 Å². The zero-order valence-electron chi connectivity index (χ0n) is 49.2. The van der Waals surface area contributed by atoms with E-state index in [9.17, 15) is 33.6 Å². The number of ether oxygens (including phenoxy) is 2. The molecule has 0 aliphatic carbocycles. The minimum Gasteiger partial charge on any atom is -0.489 e. The van der Waals surface area contributed by atoms with E-state index in [1.807, 2.05) is 123 Å². The molecular weight excluding hydrogens is 1040 g/mol. The lowest BCUT2D eigenvalue weighted by atomic mass is 10.0. The first-order valence-corrected chi connectivity index (χ1v) is 27.7. The van der Waals surface area contributed by atoms with Gasteiger partial charge in [-0.05, 0) is 77.3 Å². The highest BCUT2D eigenvalue weighted by Gasteiger charge is 2.41. The molecule has 2 heterocycles. The summed E-state index contributed by atoms with van der Waals surface area (Å²) in [5, 5.41) is 19.3. The molecule has 3 atom stereocenters. The number of likely N-dealkylation sites (tertiary alicyclic amines) is 1. The molecule has 446 valence electrons. The molecule has 0 bridgehead atoms. The third kappa shape index (κ3) is 32.1. The lowest BCUT2D eigenvalue weighted by molar-refractivity contribution is -0.138. The molecule has 1 aromatic heterocycles. The second kappa shape index (κ2) is 46.5. The predicted octanol–water partition coefficient (Wildman–Crippen LogP) is 6.19. The average Bonchev–Trinajstić information content (AvgIpc) is 4.27. The van der Waals surface area contributed by atoms with Crippen LogP contribution in [0, 0.1) is 13.8 Å². The van der Waals surface area contributed by atoms with Gasteiger partial charge in [0.2, 0.25) is 23.6 Å². The molecule has 1 saturated heterocycles. The fourth-order valence-corrected chi connectivity index (χ4v) is 7.25. The number of carbonyl (C=O) groups excluding carboxylic acids is 7. The third-order valence-electron chi connectivity index (χ3n) is 11.4. The number of rotatable bonds is 22. The highest BCUT2D eigenvalue weighted by molar-refractivity contribution is 5.94. The lowest BCUT2D eigenvalue weighted by Gasteiger charge is -2.23. The molecule has 82 heavy (non-hydrogen) atoms. The molecule has 0 spiro atoms. The molecule has 7 rings (SSSR count). The van der Waals surface area contributed by atoms with Crippen LogP contribution in [0.4, 0.5) is 4.79 Å². The van der Waals surface area contributed by atoms with Crippen molar-refractivity contribution < 1.29 is 43.0 Å². The number of aldehydes is 2. The van der Waals surface area contributed by atoms with Crippen LogP contribution < -0.4 is 47.7 Å². The lowest BCUT2D eigenvalue weighted by Crippen LogP contribution is -2.53. The van der Waals surface area contributed by atoms with Gasteiger partial charge in [0.05, 0.1) is 32.7 Å². The Labute approximate surface area is 485 Å². The van der Waals surface area contributed by atoms with Crippen LogP contribution in [0.1, 0.15) is 62.3 Å². The summed E-state index contributed by atoms with van der Waals surface area (Å²) >= 11 is 0. The number of amides is 5. The second-order valence-electron chi connectivity index (χ2n) is 18.0. The second-order valence-corrected chi connectivity index (χ2v) is 18.0. The van der Waals surface area contributed by atoms with Gasteiger partial charge in [-0.1, -0.05) is 166 Å². The van der Waals surface area contributed by atoms with Crippen LogP contribution in [0.5, 0.6) is 5.75 Å². The average molecular weight is 1130 g/mol. The molecule has 0 saturated carbocycles. The van der Waals surface area contributed by atoms with E-state index < -0.39 is 48.5 Å². The number of likely N-dealkylation sites (N-methyl/N-ethyl adjacent to an activating group) is 3. The van der Waals surface area contributed by atoms with E-state index in [4.69, 9.17) is 15.2 Å². The Morgan fingerprint density at radius 1 is 0.695 bits per heavy atom. The molecule has 19 heteroatoms. The molecular formula is C63H90N10O9. The molecule has 5 aromatic carbocycles. The van der Waals surface area contributed by atoms with Gasteiger partial charge in [0, 0.05) is 43.0 Å². The number of alkyl carbamates (subject to hydrolysis) is 1. The summed E-state index contributed by atoms with van der Waals surface area (Å²) < 4.78 is 11.0. The molecule has 0 radical (unpaired) electrons. The summed E-state index contributed by atoms with van der Waals surface area (Å²) in [6, 6.07) is 46.1. The van der Waals surface area contributed by atoms with Crippen molar-refractivity contribution in [1.29, 1.82) is 0 Å². The van der Waals surface area contributed by atoms with Gasteiger partial charge >= 0.3 is 6.09 Å². The van der Waals surface area contributed by atoms with Gasteiger partial charge in [0.25, 0.3) is 0 Å². The molecule has 1 aliphatic heterocycles. The number of para-hydroxylation sites is 1. The molecule has 1 fully saturated rings. The van der Waals surface area contributed by atoms with Crippen molar-refractivity contribution in [2.45, 2.75) is 85.1 Å². The highest BCUT2D eigenvalue weighted by atomic mass is 16.6. The van der Waals surface area contributed by atoms with Crippen molar-refractivity contribution in [1.82, 2.24) is 47.1 Å². The van der Waals surface area contributed by atoms with E-state index in [-0.39, 0.29) is 38.4 Å². The van der Waals surface area contributed by atoms with E-state index in [1.165, 1.54) is 34.4 Å². The minimum absolute atomic E-state index is 0.0217. The van der Waals surface area contributed by atoms with E-state index in [0.717, 1.165) is 35.0 Å². The van der Waals surface area contributed by atoms with Gasteiger partial charge < -0.3 is 71.9 Å². The smallest absolute Gasteiger partial charge is 0.407 e. The maximum atomic E-state index is 13.1. The van der Waals surface area contributed by atoms with Crippen LogP contribution in [-0.2, 0) is 46.5 Å². The van der Waals surface area contributed by atoms with Crippen LogP contribution in [0.2, 0.25) is 0 Å². The maximum absolute atomic E-state index is 13.1. The Morgan fingerprint density at radius 3 is 1.80 bits per heavy atom. The minimum atomic E-state index is -1.02. The number of aryl methyl sites for hydroxylation is 2. The summed E-state index contributed by atoms with van der Waals surface area (Å²) in [5.41, 5.74) is 10.6. The van der Waals surface area contributed by atoms with Crippen LogP contribution >= 0.6 is 0 Å². The normalized spacial score (nSPS) is 12.8. The number of nitrogens with one attached hydrogen (secondary N) is 8. The number of H-pyrrole nitrogens is 1. The summed E-state index contributed by atoms with van der Waals surface area (Å²) in [6.45, 7) is 12.4. The Morgan fingerprint density at radius 2 is 1.28 bits per heavy atom. The number of aromatic nitrogens is 1. The number of hydrogen-bond acceptors (Lipinski definition) is 13. The van der Waals surface area contributed by atoms with Gasteiger partial charge in [-0.15, -0.1) is 0 Å². The first-order chi connectivity index (χ1) is 39.8. The monoisotopic (exact) mass is 1130 g/mol. The highest BCUT2D eigenvalue weighted by Crippen LogP contribution is 2.22. The Kier molecular flexibility index (Phi) is 40.7. The number of carbonyl (C=O) groups is 7. The quantitative estimate of drug-likeness (QED) is 0.0272. The zero-order valence-corrected chi connectivity index (χ0v) is 49.2. The summed E-state index contributed by atoms with van der Waals surface area (Å²) in [7, 11) is 5.06. The number of nitrogens with two attached hydrogens (primary N) is 1. The van der Waals surface area contributed by atoms with Crippen LogP contribution in [-0.4, -0.2) is 144 Å². The van der Waals surface area contributed by atoms with Crippen LogP contribution in [0.25, 0.3) is 10.9 Å². The number of benzene rings is 5. The van der Waals surface area contributed by atoms with Crippen molar-refractivity contribution in [3.63, 3.8) is 0 Å². The first-order valence-electron chi connectivity index (χ1n) is 27.7. The van der Waals surface area contributed by atoms with Crippen molar-refractivity contribution in [3.05, 3.63) is 174 Å². The summed E-state index contributed by atoms with van der Waals surface area (Å²) in [4.78, 5) is 88.0. The summed E-state index contributed by atoms with van der Waals surface area (Å²) in [6.07, 6.45) is 4.30. The van der Waals surface area contributed by atoms with E-state index in [2.05, 4.69) is 99.4 Å². The first kappa shape index (κ1) is 71.8. The molecule has 10 N–H and O–H groups in total. The largest absolute Gasteiger partial charge is 0.489 e. The molecule has 19 nitrogen and oxygen atoms in total. The standard InChI is InChI=1S/C27H38N8O7.C14H14O.C7H8.C6H6.C4H11N.C3H7NO.C2H6/c1-28-7-8-31-27(41)42-18-12-22(35(16-18)24(38)15-29-2)26(40)33-14-23(37)34-21(25(39)30-9-10-36)11-17-13-32-20-6-4-3-5-19(17)20;1-12-7-9-14(10-8-12)15-11-13-5-3-2-4-6-13;1-7-5-3-2-4-6-7;1-2-4-6-5-3-1;1-2-3-4-5;1-4-2-3-5;1-2/h3-6,10,13,18,21-22,28-29,32H,7-9,11-12,14-16H2,1-2H3,(H,30,39)(H,31,41)(H,33,40)(H,34,37);2-10H,11H2,1H3;2-6H,1H3;1-6H;2-5H2,1H3;3-4H,2H2,1H3;1-2H3. The fourth-order valence-electron chi connectivity index (χ4n) is 7.25. The van der Waals surface area contributed by atoms with E-state index in [1.54, 1.807) is 27.3 Å². The van der Waals surface area contributed by atoms with Crippen LogP contribution in [0.15, 0.2) is 152 Å². The molecule has 6 aromatic rings. The Bertz CT molecular complexity index is 2600. The Hall–Kier alpha value is -8.23. The number of hydrogen-bond donors (Lipinski definition) is 9. The van der Waals surface area contributed by atoms with E-state index in [0.29, 0.717) is 32.5 Å². The Balaban J connectivity index is 0.000000667. The number of fused-ring (bicyclic) bond motifs is 1. The van der Waals surface area contributed by atoms with Gasteiger partial charge in [-0.2, -0.15) is 0 Å². The van der Waals surface area contributed by atoms with Crippen molar-refractivity contribution in [2.75, 3.05) is 73.5 Å². The van der Waals surface area contributed by atoms with Gasteiger partial charge in [0.15, 0.2) is 0 Å². The number of unbranched alkanes of at least 4 members (excludes halogenated alkanes) is 1. The molecule has 5 amide bonds. The molecule has 3 unspecified atom stereocenters. The van der Waals surface area contributed by atoms with Gasteiger partial charge in [0.1, 0.15) is 43.1 Å². The van der Waals surface area contributed by atoms with Crippen molar-refractivity contribution in [2.24, 2.45) is 5.73 Å². The SMILES string of the molecule is CC.CCCCN.CNCC=O.CNCCNC(=O)OC1CC(C(=O)NCC(=O)NC(Cc2c[nH]c3ccccc23)C(=O)NCC=O)N(C(=O)CNC)C1.Cc1ccc(OCc2ccccc2)cc1.Cc1ccccc1.c1ccccc1. The topological polar surface area (TPSA) is 267 Å². The number of aromatic amines is 1. The molecule has 1 aliphatic rings. The fraction of sp³-hybridized carbons (Fsp3) is 0.381. The summed E-state index contributed by atoms with van der Waals surface area (Å²) in [5.74, 6) is -1.24. The zero-order chi connectivity index (χ0) is 60.6. The predicted molar refractivity (Wildman–Crippen MR) is 327 cm³/mol. The van der Waals surface area contributed by atoms with E-state index >= 15 is 0 Å². The number of nitrogens with zero attached hydrogens (tertiary/aromatic N) is 1. The van der Waals surface area contributed by atoms with Gasteiger partial charge in [-0.25, -0.2) is 4.79 Å². The van der Waals surface area contributed by atoms with Crippen molar-refractivity contribution in [3.8, 4) is 5.75 Å².